The maximum Gasteiger partial charge on any atom is 0.273 e. The van der Waals surface area contributed by atoms with Crippen LogP contribution in [-0.2, 0) is 7.05 Å². The van der Waals surface area contributed by atoms with Gasteiger partial charge in [-0.3, -0.25) is 9.48 Å². The fraction of sp³-hybridized carbons (Fsp3) is 0.286. The summed E-state index contributed by atoms with van der Waals surface area (Å²) in [5.41, 5.74) is 1.44. The molecule has 1 amide bonds. The molecule has 7 heteroatoms. The van der Waals surface area contributed by atoms with Crippen molar-refractivity contribution in [2.24, 2.45) is 7.05 Å². The monoisotopic (exact) mass is 396 g/mol. The molecule has 1 unspecified atom stereocenters. The van der Waals surface area contributed by atoms with Crippen LogP contribution in [0, 0.1) is 0 Å². The maximum absolute atomic E-state index is 13.2. The number of carbonyl (C=O) groups is 1. The third kappa shape index (κ3) is 4.02. The van der Waals surface area contributed by atoms with Gasteiger partial charge >= 0.3 is 0 Å². The van der Waals surface area contributed by atoms with E-state index in [2.05, 4.69) is 10.1 Å². The van der Waals surface area contributed by atoms with Crippen LogP contribution < -0.4 is 4.74 Å². The maximum atomic E-state index is 13.2. The number of aryl methyl sites for hydroxylation is 1. The molecule has 1 aromatic carbocycles. The molecule has 0 aliphatic carbocycles. The molecule has 1 saturated heterocycles. The van der Waals surface area contributed by atoms with E-state index in [1.165, 1.54) is 0 Å². The molecule has 2 aromatic heterocycles. The van der Waals surface area contributed by atoms with Gasteiger partial charge in [-0.2, -0.15) is 5.10 Å². The summed E-state index contributed by atoms with van der Waals surface area (Å²) in [6.07, 6.45) is 6.83. The molecule has 28 heavy (non-hydrogen) atoms. The van der Waals surface area contributed by atoms with Crippen molar-refractivity contribution in [3.05, 3.63) is 71.1 Å². The summed E-state index contributed by atoms with van der Waals surface area (Å²) < 4.78 is 7.54. The van der Waals surface area contributed by atoms with Crippen molar-refractivity contribution in [3.8, 4) is 11.6 Å². The lowest BCUT2D eigenvalue weighted by Gasteiger charge is -2.35. The van der Waals surface area contributed by atoms with Gasteiger partial charge in [-0.15, -0.1) is 0 Å². The minimum Gasteiger partial charge on any atom is -0.439 e. The number of benzene rings is 1. The third-order valence-corrected chi connectivity index (χ3v) is 5.10. The highest BCUT2D eigenvalue weighted by Gasteiger charge is 2.30. The molecule has 1 aliphatic heterocycles. The van der Waals surface area contributed by atoms with Crippen LogP contribution in [0.1, 0.15) is 41.4 Å². The van der Waals surface area contributed by atoms with Crippen LogP contribution in [0.3, 0.4) is 0 Å². The fourth-order valence-electron chi connectivity index (χ4n) is 3.49. The largest absolute Gasteiger partial charge is 0.439 e. The highest BCUT2D eigenvalue weighted by Crippen LogP contribution is 2.32. The zero-order chi connectivity index (χ0) is 19.5. The number of pyridine rings is 1. The Morgan fingerprint density at radius 3 is 2.75 bits per heavy atom. The third-order valence-electron chi connectivity index (χ3n) is 4.85. The van der Waals surface area contributed by atoms with E-state index in [0.717, 1.165) is 24.8 Å². The highest BCUT2D eigenvalue weighted by molar-refractivity contribution is 6.30. The van der Waals surface area contributed by atoms with Gasteiger partial charge in [0.15, 0.2) is 0 Å². The Bertz CT molecular complexity index is 971. The van der Waals surface area contributed by atoms with Crippen LogP contribution >= 0.6 is 11.6 Å². The minimum absolute atomic E-state index is 0.0255. The molecule has 1 fully saturated rings. The molecule has 3 heterocycles. The van der Waals surface area contributed by atoms with Gasteiger partial charge in [0.05, 0.1) is 12.2 Å². The summed E-state index contributed by atoms with van der Waals surface area (Å²) in [5.74, 6) is 0.908. The average molecular weight is 397 g/mol. The smallest absolute Gasteiger partial charge is 0.273 e. The van der Waals surface area contributed by atoms with Crippen LogP contribution in [0.5, 0.6) is 11.6 Å². The number of ether oxygens (including phenoxy) is 1. The van der Waals surface area contributed by atoms with E-state index >= 15 is 0 Å². The Morgan fingerprint density at radius 1 is 1.18 bits per heavy atom. The summed E-state index contributed by atoms with van der Waals surface area (Å²) in [5, 5.41) is 4.89. The second kappa shape index (κ2) is 8.02. The standard InChI is InChI=1S/C21H21ClN4O2/c1-25-14-15(13-23-25)19-6-2-3-12-26(19)21(27)18-5-4-7-20(24-18)28-17-10-8-16(22)9-11-17/h4-5,7-11,13-14,19H,2-3,6,12H2,1H3. The Balaban J connectivity index is 1.55. The molecule has 0 saturated carbocycles. The summed E-state index contributed by atoms with van der Waals surface area (Å²) >= 11 is 5.91. The van der Waals surface area contributed by atoms with Crippen LogP contribution in [0.15, 0.2) is 54.9 Å². The van der Waals surface area contributed by atoms with Gasteiger partial charge in [-0.25, -0.2) is 4.98 Å². The summed E-state index contributed by atoms with van der Waals surface area (Å²) in [7, 11) is 1.89. The summed E-state index contributed by atoms with van der Waals surface area (Å²) in [6.45, 7) is 0.711. The first-order chi connectivity index (χ1) is 13.6. The molecule has 1 aliphatic rings. The zero-order valence-corrected chi connectivity index (χ0v) is 16.3. The number of hydrogen-bond acceptors (Lipinski definition) is 4. The number of nitrogens with zero attached hydrogens (tertiary/aromatic N) is 4. The predicted octanol–water partition coefficient (Wildman–Crippen LogP) is 4.63. The average Bonchev–Trinajstić information content (AvgIpc) is 3.16. The molecular weight excluding hydrogens is 376 g/mol. The molecule has 144 valence electrons. The number of amides is 1. The Morgan fingerprint density at radius 2 is 2.00 bits per heavy atom. The van der Waals surface area contributed by atoms with E-state index in [4.69, 9.17) is 16.3 Å². The lowest BCUT2D eigenvalue weighted by molar-refractivity contribution is 0.0604. The van der Waals surface area contributed by atoms with Crippen LogP contribution in [0.4, 0.5) is 0 Å². The van der Waals surface area contributed by atoms with Crippen molar-refractivity contribution in [2.45, 2.75) is 25.3 Å². The topological polar surface area (TPSA) is 60.2 Å². The quantitative estimate of drug-likeness (QED) is 0.645. The second-order valence-corrected chi connectivity index (χ2v) is 7.31. The first-order valence-electron chi connectivity index (χ1n) is 9.30. The van der Waals surface area contributed by atoms with Gasteiger partial charge in [-0.1, -0.05) is 17.7 Å². The summed E-state index contributed by atoms with van der Waals surface area (Å²) in [6, 6.07) is 12.3. The van der Waals surface area contributed by atoms with Gasteiger partial charge in [-0.05, 0) is 49.6 Å². The summed E-state index contributed by atoms with van der Waals surface area (Å²) in [4.78, 5) is 19.5. The lowest BCUT2D eigenvalue weighted by Crippen LogP contribution is -2.38. The number of rotatable bonds is 4. The lowest BCUT2D eigenvalue weighted by atomic mass is 9.97. The van der Waals surface area contributed by atoms with Gasteiger partial charge in [0.2, 0.25) is 5.88 Å². The molecule has 0 N–H and O–H groups in total. The SMILES string of the molecule is Cn1cc(C2CCCCN2C(=O)c2cccc(Oc3ccc(Cl)cc3)n2)cn1. The molecule has 0 bridgehead atoms. The number of aromatic nitrogens is 3. The number of hydrogen-bond donors (Lipinski definition) is 0. The van der Waals surface area contributed by atoms with Crippen LogP contribution in [0.2, 0.25) is 5.02 Å². The number of likely N-dealkylation sites (tertiary alicyclic amines) is 1. The molecular formula is C21H21ClN4O2. The van der Waals surface area contributed by atoms with E-state index < -0.39 is 0 Å². The van der Waals surface area contributed by atoms with Crippen molar-refractivity contribution in [1.29, 1.82) is 0 Å². The Hall–Kier alpha value is -2.86. The second-order valence-electron chi connectivity index (χ2n) is 6.87. The van der Waals surface area contributed by atoms with Crippen LogP contribution in [-0.4, -0.2) is 32.1 Å². The van der Waals surface area contributed by atoms with Crippen LogP contribution in [0.25, 0.3) is 0 Å². The Kier molecular flexibility index (Phi) is 5.30. The normalized spacial score (nSPS) is 16.8. The van der Waals surface area contributed by atoms with Crippen molar-refractivity contribution in [2.75, 3.05) is 6.54 Å². The fourth-order valence-corrected chi connectivity index (χ4v) is 3.62. The van der Waals surface area contributed by atoms with E-state index in [0.29, 0.717) is 28.9 Å². The molecule has 4 rings (SSSR count). The van der Waals surface area contributed by atoms with Crippen molar-refractivity contribution in [3.63, 3.8) is 0 Å². The predicted molar refractivity (Wildman–Crippen MR) is 107 cm³/mol. The van der Waals surface area contributed by atoms with Crippen molar-refractivity contribution < 1.29 is 9.53 Å². The molecule has 0 radical (unpaired) electrons. The molecule has 3 aromatic rings. The van der Waals surface area contributed by atoms with Gasteiger partial charge in [0.25, 0.3) is 5.91 Å². The number of piperidine rings is 1. The molecule has 0 spiro atoms. The van der Waals surface area contributed by atoms with Gasteiger partial charge in [0, 0.05) is 36.4 Å². The molecule has 1 atom stereocenters. The highest BCUT2D eigenvalue weighted by atomic mass is 35.5. The first kappa shape index (κ1) is 18.5. The van der Waals surface area contributed by atoms with Gasteiger partial charge in [0.1, 0.15) is 11.4 Å². The van der Waals surface area contributed by atoms with E-state index in [9.17, 15) is 4.79 Å². The zero-order valence-electron chi connectivity index (χ0n) is 15.6. The number of halogens is 1. The van der Waals surface area contributed by atoms with E-state index in [-0.39, 0.29) is 11.9 Å². The van der Waals surface area contributed by atoms with E-state index in [1.54, 1.807) is 47.1 Å². The van der Waals surface area contributed by atoms with E-state index in [1.807, 2.05) is 24.3 Å². The molecule has 6 nitrogen and oxygen atoms in total. The minimum atomic E-state index is -0.0879. The number of carbonyl (C=O) groups excluding carboxylic acids is 1. The first-order valence-corrected chi connectivity index (χ1v) is 9.68. The Labute approximate surface area is 168 Å². The van der Waals surface area contributed by atoms with Gasteiger partial charge < -0.3 is 9.64 Å². The van der Waals surface area contributed by atoms with Crippen molar-refractivity contribution >= 4 is 17.5 Å². The van der Waals surface area contributed by atoms with Crippen molar-refractivity contribution in [1.82, 2.24) is 19.7 Å².